The zero-order valence-corrected chi connectivity index (χ0v) is 16.5. The first-order valence-electron chi connectivity index (χ1n) is 9.07. The maximum absolute atomic E-state index is 9.35. The second-order valence-electron chi connectivity index (χ2n) is 6.60. The van der Waals surface area contributed by atoms with Crippen LogP contribution in [0.5, 0.6) is 0 Å². The molecule has 0 amide bonds. The first kappa shape index (κ1) is 18.3. The van der Waals surface area contributed by atoms with Crippen LogP contribution in [0, 0.1) is 6.92 Å². The van der Waals surface area contributed by atoms with Crippen molar-refractivity contribution in [3.05, 3.63) is 59.6 Å². The van der Waals surface area contributed by atoms with Gasteiger partial charge in [-0.05, 0) is 32.0 Å². The van der Waals surface area contributed by atoms with Gasteiger partial charge in [0.15, 0.2) is 0 Å². The van der Waals surface area contributed by atoms with Gasteiger partial charge in [0.05, 0.1) is 27.5 Å². The Kier molecular flexibility index (Phi) is 5.18. The van der Waals surface area contributed by atoms with E-state index in [-0.39, 0.29) is 12.6 Å². The average molecular weight is 392 g/mol. The van der Waals surface area contributed by atoms with E-state index >= 15 is 0 Å². The van der Waals surface area contributed by atoms with E-state index in [1.165, 1.54) is 0 Å². The fraction of sp³-hybridized carbons (Fsp3) is 0.190. The number of aliphatic hydroxyl groups is 1. The molecule has 0 saturated carbocycles. The first-order chi connectivity index (χ1) is 13.6. The Bertz CT molecular complexity index is 1100. The van der Waals surface area contributed by atoms with Crippen LogP contribution < -0.4 is 10.6 Å². The van der Waals surface area contributed by atoms with E-state index < -0.39 is 0 Å². The lowest BCUT2D eigenvalue weighted by Crippen LogP contribution is -2.21. The van der Waals surface area contributed by atoms with Gasteiger partial charge in [-0.3, -0.25) is 0 Å². The van der Waals surface area contributed by atoms with Gasteiger partial charge in [-0.25, -0.2) is 9.97 Å². The molecule has 0 aliphatic rings. The maximum Gasteiger partial charge on any atom is 0.225 e. The number of aryl methyl sites for hydroxylation is 1. The summed E-state index contributed by atoms with van der Waals surface area (Å²) in [6, 6.07) is 17.8. The van der Waals surface area contributed by atoms with Gasteiger partial charge in [-0.15, -0.1) is 11.3 Å². The van der Waals surface area contributed by atoms with Crippen molar-refractivity contribution >= 4 is 39.0 Å². The fourth-order valence-corrected chi connectivity index (χ4v) is 3.67. The van der Waals surface area contributed by atoms with Crippen LogP contribution in [0.4, 0.5) is 17.5 Å². The van der Waals surface area contributed by atoms with Crippen LogP contribution in [0.3, 0.4) is 0 Å². The first-order valence-corrected chi connectivity index (χ1v) is 9.88. The Morgan fingerprint density at radius 3 is 2.64 bits per heavy atom. The van der Waals surface area contributed by atoms with Crippen molar-refractivity contribution in [3.8, 4) is 11.3 Å². The van der Waals surface area contributed by atoms with Gasteiger partial charge in [0.1, 0.15) is 5.82 Å². The molecule has 2 aromatic carbocycles. The molecule has 0 bridgehead atoms. The number of benzene rings is 2. The minimum absolute atomic E-state index is 0.00152. The molecule has 7 heteroatoms. The van der Waals surface area contributed by atoms with E-state index in [0.717, 1.165) is 32.2 Å². The highest BCUT2D eigenvalue weighted by Gasteiger charge is 2.10. The van der Waals surface area contributed by atoms with Gasteiger partial charge in [0.25, 0.3) is 0 Å². The SMILES string of the molecule is Cc1nc2cc(Nc3cc(-c4ccccc4)nc(N[C@H](C)CO)n3)ccc2s1. The monoisotopic (exact) mass is 391 g/mol. The van der Waals surface area contributed by atoms with Crippen LogP contribution >= 0.6 is 11.3 Å². The summed E-state index contributed by atoms with van der Waals surface area (Å²) in [6.45, 7) is 3.89. The number of hydrogen-bond acceptors (Lipinski definition) is 7. The Labute approximate surface area is 167 Å². The Hall–Kier alpha value is -3.03. The minimum Gasteiger partial charge on any atom is -0.394 e. The van der Waals surface area contributed by atoms with Gasteiger partial charge in [0.2, 0.25) is 5.95 Å². The van der Waals surface area contributed by atoms with Crippen molar-refractivity contribution in [2.24, 2.45) is 0 Å². The van der Waals surface area contributed by atoms with Crippen molar-refractivity contribution < 1.29 is 5.11 Å². The zero-order chi connectivity index (χ0) is 19.5. The maximum atomic E-state index is 9.35. The van der Waals surface area contributed by atoms with Crippen LogP contribution in [0.15, 0.2) is 54.6 Å². The summed E-state index contributed by atoms with van der Waals surface area (Å²) in [5.74, 6) is 1.14. The fourth-order valence-electron chi connectivity index (χ4n) is 2.87. The van der Waals surface area contributed by atoms with Crippen LogP contribution in [0.1, 0.15) is 11.9 Å². The highest BCUT2D eigenvalue weighted by molar-refractivity contribution is 7.18. The summed E-state index contributed by atoms with van der Waals surface area (Å²) in [4.78, 5) is 13.7. The van der Waals surface area contributed by atoms with Gasteiger partial charge >= 0.3 is 0 Å². The van der Waals surface area contributed by atoms with Crippen LogP contribution in [0.25, 0.3) is 21.5 Å². The summed E-state index contributed by atoms with van der Waals surface area (Å²) in [6.07, 6.45) is 0. The van der Waals surface area contributed by atoms with E-state index in [2.05, 4.69) is 31.7 Å². The van der Waals surface area contributed by atoms with Gasteiger partial charge < -0.3 is 15.7 Å². The summed E-state index contributed by atoms with van der Waals surface area (Å²) in [7, 11) is 0. The van der Waals surface area contributed by atoms with Gasteiger partial charge in [-0.2, -0.15) is 4.98 Å². The lowest BCUT2D eigenvalue weighted by molar-refractivity contribution is 0.281. The van der Waals surface area contributed by atoms with Crippen molar-refractivity contribution in [3.63, 3.8) is 0 Å². The predicted molar refractivity (Wildman–Crippen MR) is 115 cm³/mol. The summed E-state index contributed by atoms with van der Waals surface area (Å²) < 4.78 is 1.16. The third-order valence-electron chi connectivity index (χ3n) is 4.21. The van der Waals surface area contributed by atoms with Crippen LogP contribution in [0.2, 0.25) is 0 Å². The third-order valence-corrected chi connectivity index (χ3v) is 5.16. The average Bonchev–Trinajstić information content (AvgIpc) is 3.07. The number of rotatable bonds is 6. The molecule has 3 N–H and O–H groups in total. The molecule has 2 heterocycles. The van der Waals surface area contributed by atoms with Crippen molar-refractivity contribution in [2.45, 2.75) is 19.9 Å². The van der Waals surface area contributed by atoms with Crippen LogP contribution in [-0.4, -0.2) is 32.7 Å². The Morgan fingerprint density at radius 2 is 1.86 bits per heavy atom. The van der Waals surface area contributed by atoms with E-state index in [0.29, 0.717) is 11.8 Å². The van der Waals surface area contributed by atoms with Crippen molar-refractivity contribution in [1.82, 2.24) is 15.0 Å². The summed E-state index contributed by atoms with van der Waals surface area (Å²) >= 11 is 1.68. The molecular formula is C21H21N5OS. The zero-order valence-electron chi connectivity index (χ0n) is 15.7. The van der Waals surface area contributed by atoms with E-state index in [4.69, 9.17) is 0 Å². The summed E-state index contributed by atoms with van der Waals surface area (Å²) in [5, 5.41) is 16.9. The Balaban J connectivity index is 1.70. The quantitative estimate of drug-likeness (QED) is 0.446. The number of anilines is 3. The molecule has 0 aliphatic heterocycles. The molecule has 6 nitrogen and oxygen atoms in total. The molecule has 0 aliphatic carbocycles. The smallest absolute Gasteiger partial charge is 0.225 e. The Morgan fingerprint density at radius 1 is 1.04 bits per heavy atom. The highest BCUT2D eigenvalue weighted by Crippen LogP contribution is 2.27. The number of nitrogens with one attached hydrogen (secondary N) is 2. The molecule has 0 fully saturated rings. The topological polar surface area (TPSA) is 83.0 Å². The summed E-state index contributed by atoms with van der Waals surface area (Å²) in [5.41, 5.74) is 3.68. The van der Waals surface area contributed by atoms with E-state index in [9.17, 15) is 5.11 Å². The van der Waals surface area contributed by atoms with E-state index in [1.807, 2.05) is 62.4 Å². The predicted octanol–water partition coefficient (Wildman–Crippen LogP) is 4.60. The normalized spacial score (nSPS) is 12.1. The van der Waals surface area contributed by atoms with Gasteiger partial charge in [-0.1, -0.05) is 30.3 Å². The number of aromatic nitrogens is 3. The molecule has 1 atom stereocenters. The van der Waals surface area contributed by atoms with Crippen molar-refractivity contribution in [2.75, 3.05) is 17.2 Å². The lowest BCUT2D eigenvalue weighted by Gasteiger charge is -2.14. The number of hydrogen-bond donors (Lipinski definition) is 3. The van der Waals surface area contributed by atoms with E-state index in [1.54, 1.807) is 11.3 Å². The number of fused-ring (bicyclic) bond motifs is 1. The third kappa shape index (κ3) is 4.11. The number of aliphatic hydroxyl groups excluding tert-OH is 1. The molecule has 2 aromatic heterocycles. The molecule has 0 spiro atoms. The number of nitrogens with zero attached hydrogens (tertiary/aromatic N) is 3. The number of thiazole rings is 1. The molecule has 4 rings (SSSR count). The minimum atomic E-state index is -0.145. The molecular weight excluding hydrogens is 370 g/mol. The largest absolute Gasteiger partial charge is 0.394 e. The second-order valence-corrected chi connectivity index (χ2v) is 7.83. The second kappa shape index (κ2) is 7.92. The molecule has 0 saturated heterocycles. The molecule has 0 radical (unpaired) electrons. The van der Waals surface area contributed by atoms with Crippen molar-refractivity contribution in [1.29, 1.82) is 0 Å². The molecule has 0 unspecified atom stereocenters. The lowest BCUT2D eigenvalue weighted by atomic mass is 10.1. The van der Waals surface area contributed by atoms with Gasteiger partial charge in [0, 0.05) is 23.4 Å². The highest BCUT2D eigenvalue weighted by atomic mass is 32.1. The molecule has 28 heavy (non-hydrogen) atoms. The molecule has 4 aromatic rings. The van der Waals surface area contributed by atoms with Crippen LogP contribution in [-0.2, 0) is 0 Å². The standard InChI is InChI=1S/C21H21N5OS/c1-13(12-27)22-21-25-17(15-6-4-3-5-7-15)11-20(26-21)24-16-8-9-19-18(10-16)23-14(2)28-19/h3-11,13,27H,12H2,1-2H3,(H2,22,24,25,26)/t13-/m1/s1. The molecule has 142 valence electrons.